The zero-order valence-corrected chi connectivity index (χ0v) is 16.8. The summed E-state index contributed by atoms with van der Waals surface area (Å²) in [5.74, 6) is 1.41. The molecule has 0 saturated heterocycles. The van der Waals surface area contributed by atoms with E-state index < -0.39 is 0 Å². The molecule has 0 bridgehead atoms. The SMILES string of the molecule is CN=C(NCC(C)c1ccsc1)N(C)Cc1cccn1C.I. The van der Waals surface area contributed by atoms with E-state index in [1.807, 2.05) is 7.05 Å². The Balaban J connectivity index is 0.00000242. The summed E-state index contributed by atoms with van der Waals surface area (Å²) in [7, 11) is 5.97. The number of aliphatic imine (C=N–C) groups is 1. The second-order valence-corrected chi connectivity index (χ2v) is 6.13. The number of hydrogen-bond donors (Lipinski definition) is 1. The minimum atomic E-state index is 0. The van der Waals surface area contributed by atoms with Crippen LogP contribution in [0.15, 0.2) is 40.1 Å². The quantitative estimate of drug-likeness (QED) is 0.446. The fourth-order valence-corrected chi connectivity index (χ4v) is 3.06. The molecule has 0 aromatic carbocycles. The second kappa shape index (κ2) is 9.19. The molecule has 0 aliphatic carbocycles. The van der Waals surface area contributed by atoms with Gasteiger partial charge in [0.2, 0.25) is 0 Å². The number of aromatic nitrogens is 1. The second-order valence-electron chi connectivity index (χ2n) is 5.35. The van der Waals surface area contributed by atoms with Crippen LogP contribution in [0.1, 0.15) is 24.1 Å². The molecule has 2 rings (SSSR count). The molecule has 0 spiro atoms. The third-order valence-electron chi connectivity index (χ3n) is 3.70. The first-order valence-corrected chi connectivity index (χ1v) is 8.10. The smallest absolute Gasteiger partial charge is 0.193 e. The molecule has 1 unspecified atom stereocenters. The summed E-state index contributed by atoms with van der Waals surface area (Å²) in [6.07, 6.45) is 2.07. The van der Waals surface area contributed by atoms with Gasteiger partial charge in [0.15, 0.2) is 5.96 Å². The number of aryl methyl sites for hydroxylation is 1. The molecule has 1 N–H and O–H groups in total. The van der Waals surface area contributed by atoms with Crippen LogP contribution in [-0.2, 0) is 13.6 Å². The Hall–Kier alpha value is -1.02. The summed E-state index contributed by atoms with van der Waals surface area (Å²) < 4.78 is 2.14. The molecule has 0 aliphatic rings. The van der Waals surface area contributed by atoms with Gasteiger partial charge in [-0.25, -0.2) is 0 Å². The summed E-state index contributed by atoms with van der Waals surface area (Å²) >= 11 is 1.75. The molecule has 2 aromatic rings. The van der Waals surface area contributed by atoms with Gasteiger partial charge in [-0.15, -0.1) is 24.0 Å². The monoisotopic (exact) mass is 432 g/mol. The number of guanidine groups is 1. The summed E-state index contributed by atoms with van der Waals surface area (Å²) in [5, 5.41) is 7.80. The predicted molar refractivity (Wildman–Crippen MR) is 106 cm³/mol. The maximum atomic E-state index is 4.38. The highest BCUT2D eigenvalue weighted by Crippen LogP contribution is 2.17. The minimum Gasteiger partial charge on any atom is -0.356 e. The molecular formula is C16H25IN4S. The van der Waals surface area contributed by atoms with E-state index in [4.69, 9.17) is 0 Å². The lowest BCUT2D eigenvalue weighted by atomic mass is 10.1. The number of halogens is 1. The Morgan fingerprint density at radius 3 is 2.77 bits per heavy atom. The molecule has 1 atom stereocenters. The highest BCUT2D eigenvalue weighted by atomic mass is 127. The van der Waals surface area contributed by atoms with Crippen LogP contribution in [-0.4, -0.2) is 36.1 Å². The Labute approximate surface area is 154 Å². The number of thiophene rings is 1. The fourth-order valence-electron chi connectivity index (χ4n) is 2.28. The van der Waals surface area contributed by atoms with Crippen molar-refractivity contribution in [3.05, 3.63) is 46.4 Å². The third kappa shape index (κ3) is 5.01. The van der Waals surface area contributed by atoms with Crippen molar-refractivity contribution in [3.63, 3.8) is 0 Å². The minimum absolute atomic E-state index is 0. The van der Waals surface area contributed by atoms with Crippen LogP contribution in [0.2, 0.25) is 0 Å². The van der Waals surface area contributed by atoms with Gasteiger partial charge in [0, 0.05) is 39.6 Å². The van der Waals surface area contributed by atoms with E-state index in [1.54, 1.807) is 11.3 Å². The van der Waals surface area contributed by atoms with E-state index in [-0.39, 0.29) is 24.0 Å². The van der Waals surface area contributed by atoms with Crippen LogP contribution in [0.4, 0.5) is 0 Å². The van der Waals surface area contributed by atoms with Gasteiger partial charge in [-0.05, 0) is 40.4 Å². The van der Waals surface area contributed by atoms with E-state index >= 15 is 0 Å². The van der Waals surface area contributed by atoms with Gasteiger partial charge in [0.05, 0.1) is 6.54 Å². The maximum Gasteiger partial charge on any atom is 0.193 e. The molecule has 2 heterocycles. The van der Waals surface area contributed by atoms with Crippen molar-refractivity contribution in [3.8, 4) is 0 Å². The Morgan fingerprint density at radius 2 is 2.23 bits per heavy atom. The van der Waals surface area contributed by atoms with Gasteiger partial charge in [-0.3, -0.25) is 4.99 Å². The Morgan fingerprint density at radius 1 is 1.45 bits per heavy atom. The van der Waals surface area contributed by atoms with Crippen LogP contribution in [0.3, 0.4) is 0 Å². The lowest BCUT2D eigenvalue weighted by Gasteiger charge is -2.23. The lowest BCUT2D eigenvalue weighted by Crippen LogP contribution is -2.40. The lowest BCUT2D eigenvalue weighted by molar-refractivity contribution is 0.459. The molecule has 4 nitrogen and oxygen atoms in total. The van der Waals surface area contributed by atoms with E-state index in [1.165, 1.54) is 11.3 Å². The molecule has 0 amide bonds. The van der Waals surface area contributed by atoms with Crippen LogP contribution >= 0.6 is 35.3 Å². The van der Waals surface area contributed by atoms with Gasteiger partial charge in [-0.1, -0.05) is 6.92 Å². The Kier molecular flexibility index (Phi) is 7.95. The van der Waals surface area contributed by atoms with Crippen LogP contribution in [0, 0.1) is 0 Å². The average Bonchev–Trinajstić information content (AvgIpc) is 3.12. The zero-order valence-electron chi connectivity index (χ0n) is 13.6. The topological polar surface area (TPSA) is 32.6 Å². The van der Waals surface area contributed by atoms with Crippen LogP contribution in [0.25, 0.3) is 0 Å². The predicted octanol–water partition coefficient (Wildman–Crippen LogP) is 3.52. The van der Waals surface area contributed by atoms with Gasteiger partial charge in [0.1, 0.15) is 0 Å². The van der Waals surface area contributed by atoms with Gasteiger partial charge >= 0.3 is 0 Å². The normalized spacial score (nSPS) is 12.6. The number of nitrogens with one attached hydrogen (secondary N) is 1. The molecule has 0 fully saturated rings. The summed E-state index contributed by atoms with van der Waals surface area (Å²) in [4.78, 5) is 6.52. The third-order valence-corrected chi connectivity index (χ3v) is 4.40. The molecule has 122 valence electrons. The standard InChI is InChI=1S/C16H24N4S.HI/c1-13(14-7-9-21-12-14)10-18-16(17-2)20(4)11-15-6-5-8-19(15)3;/h5-9,12-13H,10-11H2,1-4H3,(H,17,18);1H. The van der Waals surface area contributed by atoms with Crippen LogP contribution < -0.4 is 5.32 Å². The van der Waals surface area contributed by atoms with Crippen molar-refractivity contribution >= 4 is 41.3 Å². The van der Waals surface area contributed by atoms with Crippen molar-refractivity contribution in [2.45, 2.75) is 19.4 Å². The molecule has 22 heavy (non-hydrogen) atoms. The van der Waals surface area contributed by atoms with Crippen molar-refractivity contribution in [1.29, 1.82) is 0 Å². The van der Waals surface area contributed by atoms with E-state index in [0.29, 0.717) is 5.92 Å². The zero-order chi connectivity index (χ0) is 15.2. The van der Waals surface area contributed by atoms with Crippen molar-refractivity contribution < 1.29 is 0 Å². The highest BCUT2D eigenvalue weighted by molar-refractivity contribution is 14.0. The average molecular weight is 432 g/mol. The van der Waals surface area contributed by atoms with Gasteiger partial charge in [-0.2, -0.15) is 11.3 Å². The first-order chi connectivity index (χ1) is 10.1. The summed E-state index contributed by atoms with van der Waals surface area (Å²) in [6, 6.07) is 6.39. The van der Waals surface area contributed by atoms with E-state index in [0.717, 1.165) is 19.0 Å². The van der Waals surface area contributed by atoms with Crippen molar-refractivity contribution in [2.24, 2.45) is 12.0 Å². The van der Waals surface area contributed by atoms with Gasteiger partial charge < -0.3 is 14.8 Å². The maximum absolute atomic E-state index is 4.38. The number of rotatable bonds is 5. The summed E-state index contributed by atoms with van der Waals surface area (Å²) in [6.45, 7) is 3.97. The molecule has 0 saturated carbocycles. The molecule has 0 radical (unpaired) electrons. The molecule has 2 aromatic heterocycles. The molecular weight excluding hydrogens is 407 g/mol. The number of nitrogens with zero attached hydrogens (tertiary/aromatic N) is 3. The van der Waals surface area contributed by atoms with Crippen molar-refractivity contribution in [1.82, 2.24) is 14.8 Å². The molecule has 6 heteroatoms. The van der Waals surface area contributed by atoms with E-state index in [9.17, 15) is 0 Å². The largest absolute Gasteiger partial charge is 0.356 e. The van der Waals surface area contributed by atoms with Crippen molar-refractivity contribution in [2.75, 3.05) is 20.6 Å². The first kappa shape index (κ1) is 19.0. The highest BCUT2D eigenvalue weighted by Gasteiger charge is 2.11. The number of hydrogen-bond acceptors (Lipinski definition) is 2. The summed E-state index contributed by atoms with van der Waals surface area (Å²) in [5.41, 5.74) is 2.65. The first-order valence-electron chi connectivity index (χ1n) is 7.16. The van der Waals surface area contributed by atoms with Gasteiger partial charge in [0.25, 0.3) is 0 Å². The van der Waals surface area contributed by atoms with Crippen LogP contribution in [0.5, 0.6) is 0 Å². The Bertz CT molecular complexity index is 577. The fraction of sp³-hybridized carbons (Fsp3) is 0.438. The van der Waals surface area contributed by atoms with E-state index in [2.05, 4.69) is 76.0 Å². The molecule has 0 aliphatic heterocycles.